The molecule has 19 heavy (non-hydrogen) atoms. The van der Waals surface area contributed by atoms with Crippen molar-refractivity contribution in [3.05, 3.63) is 0 Å². The van der Waals surface area contributed by atoms with Gasteiger partial charge in [-0.3, -0.25) is 14.6 Å². The number of nitrogens with one attached hydrogen (secondary N) is 1. The largest absolute Gasteiger partial charge is 1.00 e. The Hall–Kier alpha value is -0.0200. The van der Waals surface area contributed by atoms with E-state index in [2.05, 4.69) is 20.9 Å². The molecular weight excluding hydrogens is 380 g/mol. The second kappa shape index (κ2) is 5.07. The first-order valence-corrected chi connectivity index (χ1v) is 7.22. The molecule has 0 radical (unpaired) electrons. The van der Waals surface area contributed by atoms with E-state index in [4.69, 9.17) is 4.74 Å². The molecule has 1 amide bonds. The molecule has 2 fully saturated rings. The number of amides is 1. The number of halogens is 2. The summed E-state index contributed by atoms with van der Waals surface area (Å²) >= 11 is 3.46. The lowest BCUT2D eigenvalue weighted by Crippen LogP contribution is -3.13. The van der Waals surface area contributed by atoms with Crippen molar-refractivity contribution in [3.63, 3.8) is 0 Å². The van der Waals surface area contributed by atoms with Crippen molar-refractivity contribution >= 4 is 28.2 Å². The SMILES string of the molecule is CN1C2N=C[NH+](C)C2C(=O)N2CC(C)(CBr)OC21.[Br-]. The molecule has 0 saturated carbocycles. The Morgan fingerprint density at radius 1 is 1.68 bits per heavy atom. The van der Waals surface area contributed by atoms with Crippen molar-refractivity contribution in [1.29, 1.82) is 0 Å². The van der Waals surface area contributed by atoms with E-state index in [1.165, 1.54) is 0 Å². The van der Waals surface area contributed by atoms with E-state index >= 15 is 0 Å². The predicted molar refractivity (Wildman–Crippen MR) is 69.5 cm³/mol. The Kier molecular flexibility index (Phi) is 4.10. The molecule has 108 valence electrons. The summed E-state index contributed by atoms with van der Waals surface area (Å²) in [6, 6.07) is -0.132. The van der Waals surface area contributed by atoms with Crippen molar-refractivity contribution in [2.75, 3.05) is 26.0 Å². The topological polar surface area (TPSA) is 49.6 Å². The van der Waals surface area contributed by atoms with Gasteiger partial charge < -0.3 is 21.7 Å². The van der Waals surface area contributed by atoms with Crippen LogP contribution in [0.15, 0.2) is 4.99 Å². The van der Waals surface area contributed by atoms with Crippen LogP contribution >= 0.6 is 15.9 Å². The first-order chi connectivity index (χ1) is 8.47. The summed E-state index contributed by atoms with van der Waals surface area (Å²) in [7, 11) is 3.94. The quantitative estimate of drug-likeness (QED) is 0.454. The zero-order chi connectivity index (χ0) is 13.1. The molecule has 0 aromatic carbocycles. The molecule has 6 nitrogen and oxygen atoms in total. The maximum atomic E-state index is 12.6. The van der Waals surface area contributed by atoms with Gasteiger partial charge in [0, 0.05) is 5.33 Å². The molecule has 1 N–H and O–H groups in total. The van der Waals surface area contributed by atoms with Crippen molar-refractivity contribution in [2.24, 2.45) is 4.99 Å². The summed E-state index contributed by atoms with van der Waals surface area (Å²) in [6.45, 7) is 2.65. The number of alkyl halides is 1. The fraction of sp³-hybridized carbons (Fsp3) is 0.818. The highest BCUT2D eigenvalue weighted by molar-refractivity contribution is 9.09. The van der Waals surface area contributed by atoms with Crippen LogP contribution in [0.4, 0.5) is 0 Å². The van der Waals surface area contributed by atoms with Gasteiger partial charge in [0.1, 0.15) is 0 Å². The molecule has 3 aliphatic rings. The van der Waals surface area contributed by atoms with Gasteiger partial charge in [0.05, 0.1) is 19.2 Å². The molecule has 0 aliphatic carbocycles. The van der Waals surface area contributed by atoms with Gasteiger partial charge in [-0.15, -0.1) is 0 Å². The highest BCUT2D eigenvalue weighted by Crippen LogP contribution is 2.34. The summed E-state index contributed by atoms with van der Waals surface area (Å²) < 4.78 is 6.03. The lowest BCUT2D eigenvalue weighted by molar-refractivity contribution is -0.792. The van der Waals surface area contributed by atoms with Gasteiger partial charge >= 0.3 is 0 Å². The van der Waals surface area contributed by atoms with Gasteiger partial charge in [0.25, 0.3) is 5.91 Å². The average Bonchev–Trinajstić information content (AvgIpc) is 2.89. The van der Waals surface area contributed by atoms with Crippen molar-refractivity contribution in [1.82, 2.24) is 9.80 Å². The molecule has 0 aromatic rings. The predicted octanol–water partition coefficient (Wildman–Crippen LogP) is -4.52. The fourth-order valence-electron chi connectivity index (χ4n) is 2.92. The van der Waals surface area contributed by atoms with Gasteiger partial charge in [-0.1, -0.05) is 15.9 Å². The van der Waals surface area contributed by atoms with E-state index in [9.17, 15) is 4.79 Å². The first-order valence-electron chi connectivity index (χ1n) is 6.10. The Labute approximate surface area is 131 Å². The number of likely N-dealkylation sites (N-methyl/N-ethyl adjacent to an activating group) is 2. The van der Waals surface area contributed by atoms with Gasteiger partial charge in [-0.25, -0.2) is 9.89 Å². The number of carbonyl (C=O) groups is 1. The van der Waals surface area contributed by atoms with Crippen LogP contribution in [0.25, 0.3) is 0 Å². The molecule has 3 aliphatic heterocycles. The number of quaternary nitrogens is 1. The number of hydrogen-bond acceptors (Lipinski definition) is 4. The van der Waals surface area contributed by atoms with E-state index < -0.39 is 0 Å². The number of ether oxygens (including phenoxy) is 1. The number of hydrogen-bond donors (Lipinski definition) is 1. The van der Waals surface area contributed by atoms with E-state index in [1.807, 2.05) is 37.2 Å². The van der Waals surface area contributed by atoms with Gasteiger partial charge in [0.2, 0.25) is 6.04 Å². The lowest BCUT2D eigenvalue weighted by atomic mass is 10.1. The van der Waals surface area contributed by atoms with Gasteiger partial charge in [-0.05, 0) is 14.0 Å². The Morgan fingerprint density at radius 3 is 3.00 bits per heavy atom. The number of rotatable bonds is 1. The molecule has 5 unspecified atom stereocenters. The zero-order valence-electron chi connectivity index (χ0n) is 11.1. The van der Waals surface area contributed by atoms with Gasteiger partial charge in [0.15, 0.2) is 18.9 Å². The number of fused-ring (bicyclic) bond motifs is 2. The minimum absolute atomic E-state index is 0. The van der Waals surface area contributed by atoms with Crippen LogP contribution in [0.2, 0.25) is 0 Å². The van der Waals surface area contributed by atoms with Crippen molar-refractivity contribution in [2.45, 2.75) is 31.1 Å². The van der Waals surface area contributed by atoms with Crippen LogP contribution in [-0.2, 0) is 9.53 Å². The molecule has 8 heteroatoms. The van der Waals surface area contributed by atoms with E-state index in [1.54, 1.807) is 0 Å². The molecule has 0 spiro atoms. The van der Waals surface area contributed by atoms with Crippen molar-refractivity contribution < 1.29 is 31.4 Å². The van der Waals surface area contributed by atoms with Crippen LogP contribution in [0, 0.1) is 0 Å². The third kappa shape index (κ3) is 2.17. The third-order valence-electron chi connectivity index (χ3n) is 3.98. The fourth-order valence-corrected chi connectivity index (χ4v) is 3.23. The van der Waals surface area contributed by atoms with Crippen LogP contribution in [0.3, 0.4) is 0 Å². The minimum atomic E-state index is -0.315. The molecule has 2 saturated heterocycles. The van der Waals surface area contributed by atoms with Crippen LogP contribution in [-0.4, -0.2) is 72.2 Å². The number of aliphatic imine (C=N–C) groups is 1. The molecule has 3 heterocycles. The lowest BCUT2D eigenvalue weighted by Gasteiger charge is -2.41. The summed E-state index contributed by atoms with van der Waals surface area (Å²) in [5.41, 5.74) is -0.315. The third-order valence-corrected chi connectivity index (χ3v) is 5.16. The summed E-state index contributed by atoms with van der Waals surface area (Å²) in [4.78, 5) is 21.9. The van der Waals surface area contributed by atoms with Crippen molar-refractivity contribution in [3.8, 4) is 0 Å². The average molecular weight is 398 g/mol. The monoisotopic (exact) mass is 396 g/mol. The highest BCUT2D eigenvalue weighted by Gasteiger charge is 2.58. The highest BCUT2D eigenvalue weighted by atomic mass is 79.9. The second-order valence-corrected chi connectivity index (χ2v) is 6.13. The second-order valence-electron chi connectivity index (χ2n) is 5.57. The van der Waals surface area contributed by atoms with E-state index in [0.717, 1.165) is 10.2 Å². The maximum Gasteiger partial charge on any atom is 0.288 e. The normalized spacial score (nSPS) is 45.1. The Morgan fingerprint density at radius 2 is 2.37 bits per heavy atom. The molecule has 5 atom stereocenters. The number of carbonyl (C=O) groups excluding carboxylic acids is 1. The van der Waals surface area contributed by atoms with Crippen LogP contribution in [0.1, 0.15) is 6.92 Å². The first kappa shape index (κ1) is 15.4. The molecule has 0 bridgehead atoms. The number of nitrogens with zero attached hydrogens (tertiary/aromatic N) is 3. The molecule has 3 rings (SSSR count). The standard InChI is InChI=1S/C11H17BrN4O2.BrH/c1-11(4-12)5-16-9(17)7-8(13-6-14(7)2)15(3)10(16)18-11;/h6-8,10H,4-5H2,1-3H3;1H. The molecular formula is C11H18Br2N4O2. The van der Waals surface area contributed by atoms with Crippen LogP contribution < -0.4 is 21.9 Å². The summed E-state index contributed by atoms with van der Waals surface area (Å²) in [5.74, 6) is 0.141. The summed E-state index contributed by atoms with van der Waals surface area (Å²) in [6.07, 6.45) is 1.43. The Bertz CT molecular complexity index is 421. The smallest absolute Gasteiger partial charge is 0.288 e. The van der Waals surface area contributed by atoms with E-state index in [-0.39, 0.29) is 47.0 Å². The van der Waals surface area contributed by atoms with E-state index in [0.29, 0.717) is 6.54 Å². The Balaban J connectivity index is 0.00000133. The maximum absolute atomic E-state index is 12.6. The zero-order valence-corrected chi connectivity index (χ0v) is 14.3. The molecule has 0 aromatic heterocycles. The van der Waals surface area contributed by atoms with Crippen LogP contribution in [0.5, 0.6) is 0 Å². The summed E-state index contributed by atoms with van der Waals surface area (Å²) in [5, 5.41) is 0.718. The van der Waals surface area contributed by atoms with Gasteiger partial charge in [-0.2, -0.15) is 0 Å². The minimum Gasteiger partial charge on any atom is -1.00 e.